The van der Waals surface area contributed by atoms with Gasteiger partial charge in [0.2, 0.25) is 0 Å². The van der Waals surface area contributed by atoms with Crippen LogP contribution in [0.1, 0.15) is 24.1 Å². The van der Waals surface area contributed by atoms with Crippen LogP contribution in [-0.2, 0) is 30.0 Å². The first-order valence-electron chi connectivity index (χ1n) is 6.22. The van der Waals surface area contributed by atoms with Gasteiger partial charge in [0.25, 0.3) is 10.0 Å². The van der Waals surface area contributed by atoms with E-state index in [-0.39, 0.29) is 11.4 Å². The monoisotopic (exact) mass is 298 g/mol. The van der Waals surface area contributed by atoms with Gasteiger partial charge in [0.15, 0.2) is 0 Å². The normalized spacial score (nSPS) is 11.8. The third-order valence-corrected chi connectivity index (χ3v) is 4.37. The van der Waals surface area contributed by atoms with E-state index in [4.69, 9.17) is 10.2 Å². The highest BCUT2D eigenvalue weighted by molar-refractivity contribution is 7.92. The van der Waals surface area contributed by atoms with Crippen LogP contribution in [0.4, 0.5) is 5.69 Å². The van der Waals surface area contributed by atoms with E-state index in [0.29, 0.717) is 29.3 Å². The first-order chi connectivity index (χ1) is 9.37. The maximum Gasteiger partial charge on any atom is 0.265 e. The fourth-order valence-electron chi connectivity index (χ4n) is 1.97. The molecule has 2 aromatic rings. The van der Waals surface area contributed by atoms with E-state index in [1.807, 2.05) is 6.92 Å². The van der Waals surface area contributed by atoms with Gasteiger partial charge in [0.05, 0.1) is 17.9 Å². The summed E-state index contributed by atoms with van der Waals surface area (Å²) in [4.78, 5) is 0.101. The van der Waals surface area contributed by atoms with Gasteiger partial charge in [0, 0.05) is 19.3 Å². The Morgan fingerprint density at radius 3 is 2.75 bits per heavy atom. The van der Waals surface area contributed by atoms with E-state index in [0.717, 1.165) is 0 Å². The molecule has 2 rings (SSSR count). The number of nitrogens with two attached hydrogens (primary N) is 1. The smallest absolute Gasteiger partial charge is 0.265 e. The number of sulfonamides is 1. The first-order valence-corrected chi connectivity index (χ1v) is 7.70. The Bertz CT molecular complexity index is 715. The molecule has 0 spiro atoms. The van der Waals surface area contributed by atoms with Crippen molar-refractivity contribution in [3.05, 3.63) is 29.5 Å². The second-order valence-corrected chi connectivity index (χ2v) is 6.11. The molecule has 0 fully saturated rings. The molecular formula is C12H18N4O3S. The van der Waals surface area contributed by atoms with Crippen LogP contribution in [-0.4, -0.2) is 18.2 Å². The third kappa shape index (κ3) is 2.70. The van der Waals surface area contributed by atoms with Gasteiger partial charge in [-0.3, -0.25) is 9.40 Å². The summed E-state index contributed by atoms with van der Waals surface area (Å²) in [7, 11) is -1.96. The minimum absolute atomic E-state index is 0.101. The molecule has 0 saturated carbocycles. The average Bonchev–Trinajstić information content (AvgIpc) is 2.92. The number of aryl methyl sites for hydroxylation is 3. The third-order valence-electron chi connectivity index (χ3n) is 2.90. The summed E-state index contributed by atoms with van der Waals surface area (Å²) < 4.78 is 34.2. The molecule has 20 heavy (non-hydrogen) atoms. The lowest BCUT2D eigenvalue weighted by Gasteiger charge is -2.05. The number of anilines is 1. The second-order valence-electron chi connectivity index (χ2n) is 4.46. The van der Waals surface area contributed by atoms with E-state index in [1.54, 1.807) is 24.9 Å². The molecule has 0 aliphatic carbocycles. The Morgan fingerprint density at radius 2 is 2.20 bits per heavy atom. The van der Waals surface area contributed by atoms with E-state index >= 15 is 0 Å². The van der Waals surface area contributed by atoms with Crippen molar-refractivity contribution in [3.63, 3.8) is 0 Å². The van der Waals surface area contributed by atoms with Crippen molar-refractivity contribution in [2.24, 2.45) is 12.8 Å². The molecule has 0 atom stereocenters. The summed E-state index contributed by atoms with van der Waals surface area (Å²) in [5.41, 5.74) is 6.62. The van der Waals surface area contributed by atoms with Gasteiger partial charge in [-0.15, -0.1) is 0 Å². The van der Waals surface area contributed by atoms with Crippen LogP contribution in [0.25, 0.3) is 0 Å². The van der Waals surface area contributed by atoms with Crippen molar-refractivity contribution in [1.82, 2.24) is 9.78 Å². The Balaban J connectivity index is 2.37. The van der Waals surface area contributed by atoms with Gasteiger partial charge in [-0.1, -0.05) is 6.92 Å². The summed E-state index contributed by atoms with van der Waals surface area (Å²) in [6.07, 6.45) is 2.27. The summed E-state index contributed by atoms with van der Waals surface area (Å²) in [6, 6.07) is 1.44. The lowest BCUT2D eigenvalue weighted by molar-refractivity contribution is 0.479. The summed E-state index contributed by atoms with van der Waals surface area (Å²) >= 11 is 0. The standard InChI is InChI=1S/C12H18N4O3S/c1-4-10-11(7-16(3)14-10)15-20(17,18)12-5-9(6-13)19-8(12)2/h5,7,15H,4,6,13H2,1-3H3. The van der Waals surface area contributed by atoms with E-state index in [1.165, 1.54) is 6.07 Å². The highest BCUT2D eigenvalue weighted by Gasteiger charge is 2.23. The molecule has 7 nitrogen and oxygen atoms in total. The molecule has 3 N–H and O–H groups in total. The van der Waals surface area contributed by atoms with Gasteiger partial charge < -0.3 is 10.2 Å². The fourth-order valence-corrected chi connectivity index (χ4v) is 3.25. The molecule has 0 aliphatic rings. The number of hydrogen-bond donors (Lipinski definition) is 2. The van der Waals surface area contributed by atoms with Gasteiger partial charge in [-0.05, 0) is 13.3 Å². The zero-order valence-electron chi connectivity index (χ0n) is 11.7. The lowest BCUT2D eigenvalue weighted by atomic mass is 10.3. The maximum atomic E-state index is 12.4. The summed E-state index contributed by atoms with van der Waals surface area (Å²) in [5, 5.41) is 4.20. The van der Waals surface area contributed by atoms with E-state index in [9.17, 15) is 8.42 Å². The molecule has 0 saturated heterocycles. The van der Waals surface area contributed by atoms with Crippen LogP contribution in [0.5, 0.6) is 0 Å². The molecule has 0 aromatic carbocycles. The van der Waals surface area contributed by atoms with Gasteiger partial charge >= 0.3 is 0 Å². The SMILES string of the molecule is CCc1nn(C)cc1NS(=O)(=O)c1cc(CN)oc1C. The van der Waals surface area contributed by atoms with Crippen LogP contribution < -0.4 is 10.5 Å². The Hall–Kier alpha value is -1.80. The van der Waals surface area contributed by atoms with Gasteiger partial charge in [-0.25, -0.2) is 8.42 Å². The number of aromatic nitrogens is 2. The van der Waals surface area contributed by atoms with E-state index < -0.39 is 10.0 Å². The largest absolute Gasteiger partial charge is 0.464 e. The fraction of sp³-hybridized carbons (Fsp3) is 0.417. The number of furan rings is 1. The predicted octanol–water partition coefficient (Wildman–Crippen LogP) is 1.14. The molecule has 110 valence electrons. The topological polar surface area (TPSA) is 103 Å². The van der Waals surface area contributed by atoms with Gasteiger partial charge in [-0.2, -0.15) is 5.10 Å². The van der Waals surface area contributed by atoms with Crippen molar-refractivity contribution in [3.8, 4) is 0 Å². The van der Waals surface area contributed by atoms with Crippen molar-refractivity contribution >= 4 is 15.7 Å². The molecule has 0 aliphatic heterocycles. The number of nitrogens with one attached hydrogen (secondary N) is 1. The van der Waals surface area contributed by atoms with Crippen LogP contribution in [0.3, 0.4) is 0 Å². The highest BCUT2D eigenvalue weighted by Crippen LogP contribution is 2.24. The zero-order chi connectivity index (χ0) is 14.9. The maximum absolute atomic E-state index is 12.4. The molecule has 2 heterocycles. The molecule has 0 radical (unpaired) electrons. The number of rotatable bonds is 5. The van der Waals surface area contributed by atoms with Crippen LogP contribution in [0.15, 0.2) is 21.6 Å². The van der Waals surface area contributed by atoms with Crippen LogP contribution in [0, 0.1) is 6.92 Å². The van der Waals surface area contributed by atoms with E-state index in [2.05, 4.69) is 9.82 Å². The Labute approximate surface area is 117 Å². The molecule has 2 aromatic heterocycles. The minimum Gasteiger partial charge on any atom is -0.464 e. The number of nitrogens with zero attached hydrogens (tertiary/aromatic N) is 2. The average molecular weight is 298 g/mol. The Morgan fingerprint density at radius 1 is 1.50 bits per heavy atom. The lowest BCUT2D eigenvalue weighted by Crippen LogP contribution is -2.13. The molecule has 0 bridgehead atoms. The quantitative estimate of drug-likeness (QED) is 0.861. The Kier molecular flexibility index (Phi) is 3.87. The summed E-state index contributed by atoms with van der Waals surface area (Å²) in [6.45, 7) is 3.66. The van der Waals surface area contributed by atoms with Crippen LogP contribution in [0.2, 0.25) is 0 Å². The molecule has 0 amide bonds. The zero-order valence-corrected chi connectivity index (χ0v) is 12.5. The van der Waals surface area contributed by atoms with Crippen LogP contribution >= 0.6 is 0 Å². The first kappa shape index (κ1) is 14.6. The van der Waals surface area contributed by atoms with Crippen molar-refractivity contribution in [1.29, 1.82) is 0 Å². The van der Waals surface area contributed by atoms with Gasteiger partial charge in [0.1, 0.15) is 16.4 Å². The predicted molar refractivity (Wildman–Crippen MR) is 74.7 cm³/mol. The minimum atomic E-state index is -3.71. The molecule has 8 heteroatoms. The van der Waals surface area contributed by atoms with Crippen molar-refractivity contribution in [2.75, 3.05) is 4.72 Å². The van der Waals surface area contributed by atoms with Crippen molar-refractivity contribution in [2.45, 2.75) is 31.7 Å². The number of hydrogen-bond acceptors (Lipinski definition) is 5. The highest BCUT2D eigenvalue weighted by atomic mass is 32.2. The molecular weight excluding hydrogens is 280 g/mol. The van der Waals surface area contributed by atoms with Crippen molar-refractivity contribution < 1.29 is 12.8 Å². The second kappa shape index (κ2) is 5.29. The molecule has 0 unspecified atom stereocenters. The summed E-state index contributed by atoms with van der Waals surface area (Å²) in [5.74, 6) is 0.754.